The van der Waals surface area contributed by atoms with Crippen molar-refractivity contribution in [2.45, 2.75) is 25.9 Å². The van der Waals surface area contributed by atoms with Crippen LogP contribution in [0.2, 0.25) is 0 Å². The quantitative estimate of drug-likeness (QED) is 0.944. The van der Waals surface area contributed by atoms with E-state index >= 15 is 0 Å². The van der Waals surface area contributed by atoms with Gasteiger partial charge in [0.05, 0.1) is 25.7 Å². The van der Waals surface area contributed by atoms with Gasteiger partial charge in [-0.15, -0.1) is 0 Å². The smallest absolute Gasteiger partial charge is 0.317 e. The largest absolute Gasteiger partial charge is 0.493 e. The Morgan fingerprint density at radius 1 is 1.32 bits per heavy atom. The van der Waals surface area contributed by atoms with Gasteiger partial charge in [0.2, 0.25) is 0 Å². The number of benzene rings is 1. The third kappa shape index (κ3) is 3.42. The summed E-state index contributed by atoms with van der Waals surface area (Å²) in [5, 5.41) is 2.93. The molecule has 0 saturated heterocycles. The molecule has 3 rings (SSSR count). The first-order valence-corrected chi connectivity index (χ1v) is 7.47. The molecule has 116 valence electrons. The van der Waals surface area contributed by atoms with E-state index in [0.29, 0.717) is 13.1 Å². The van der Waals surface area contributed by atoms with Crippen molar-refractivity contribution in [3.8, 4) is 5.75 Å². The van der Waals surface area contributed by atoms with E-state index in [2.05, 4.69) is 11.4 Å². The number of nitrogens with zero attached hydrogens (tertiary/aromatic N) is 1. The van der Waals surface area contributed by atoms with Crippen molar-refractivity contribution in [3.63, 3.8) is 0 Å². The topological polar surface area (TPSA) is 54.7 Å². The number of ether oxygens (including phenoxy) is 1. The number of hydrogen-bond donors (Lipinski definition) is 1. The molecule has 0 atom stereocenters. The Hall–Kier alpha value is -2.43. The zero-order chi connectivity index (χ0) is 15.4. The molecule has 2 heterocycles. The molecule has 0 radical (unpaired) electrons. The average molecular weight is 300 g/mol. The minimum Gasteiger partial charge on any atom is -0.493 e. The number of aryl methyl sites for hydroxylation is 1. The Morgan fingerprint density at radius 2 is 2.23 bits per heavy atom. The molecule has 1 aliphatic rings. The maximum atomic E-state index is 12.1. The standard InChI is InChI=1S/C17H20N2O3/c1-19(11-14-6-8-21-12-14)17(20)18-10-13-4-5-16-15(9-13)3-2-7-22-16/h4-6,8-9,12H,2-3,7,10-11H2,1H3,(H,18,20). The summed E-state index contributed by atoms with van der Waals surface area (Å²) in [5.41, 5.74) is 3.29. The summed E-state index contributed by atoms with van der Waals surface area (Å²) in [4.78, 5) is 13.7. The fourth-order valence-corrected chi connectivity index (χ4v) is 2.56. The van der Waals surface area contributed by atoms with Crippen molar-refractivity contribution in [1.82, 2.24) is 10.2 Å². The minimum absolute atomic E-state index is 0.102. The first-order chi connectivity index (χ1) is 10.7. The van der Waals surface area contributed by atoms with Gasteiger partial charge in [0.1, 0.15) is 5.75 Å². The van der Waals surface area contributed by atoms with Gasteiger partial charge in [-0.25, -0.2) is 4.79 Å². The lowest BCUT2D eigenvalue weighted by atomic mass is 10.0. The molecule has 0 fully saturated rings. The van der Waals surface area contributed by atoms with Gasteiger partial charge in [0.25, 0.3) is 0 Å². The highest BCUT2D eigenvalue weighted by molar-refractivity contribution is 5.73. The van der Waals surface area contributed by atoms with Crippen molar-refractivity contribution in [2.75, 3.05) is 13.7 Å². The molecular formula is C17H20N2O3. The Kier molecular flexibility index (Phi) is 4.32. The van der Waals surface area contributed by atoms with E-state index in [9.17, 15) is 4.79 Å². The summed E-state index contributed by atoms with van der Waals surface area (Å²) in [5.74, 6) is 0.971. The number of carbonyl (C=O) groups is 1. The van der Waals surface area contributed by atoms with E-state index in [1.54, 1.807) is 24.5 Å². The van der Waals surface area contributed by atoms with E-state index in [4.69, 9.17) is 9.15 Å². The monoisotopic (exact) mass is 300 g/mol. The maximum Gasteiger partial charge on any atom is 0.317 e. The van der Waals surface area contributed by atoms with E-state index in [-0.39, 0.29) is 6.03 Å². The summed E-state index contributed by atoms with van der Waals surface area (Å²) in [6.45, 7) is 1.84. The lowest BCUT2D eigenvalue weighted by Gasteiger charge is -2.19. The third-order valence-electron chi connectivity index (χ3n) is 3.76. The van der Waals surface area contributed by atoms with Crippen LogP contribution in [0.25, 0.3) is 0 Å². The molecule has 22 heavy (non-hydrogen) atoms. The van der Waals surface area contributed by atoms with Crippen LogP contribution in [0.4, 0.5) is 4.79 Å². The molecule has 0 spiro atoms. The maximum absolute atomic E-state index is 12.1. The van der Waals surface area contributed by atoms with Gasteiger partial charge in [-0.2, -0.15) is 0 Å². The summed E-state index contributed by atoms with van der Waals surface area (Å²) in [7, 11) is 1.77. The number of hydrogen-bond acceptors (Lipinski definition) is 3. The first kappa shape index (κ1) is 14.5. The number of nitrogens with one attached hydrogen (secondary N) is 1. The van der Waals surface area contributed by atoms with E-state index < -0.39 is 0 Å². The number of amides is 2. The Bertz CT molecular complexity index is 637. The highest BCUT2D eigenvalue weighted by Gasteiger charge is 2.12. The van der Waals surface area contributed by atoms with Gasteiger partial charge in [-0.3, -0.25) is 0 Å². The Labute approximate surface area is 129 Å². The summed E-state index contributed by atoms with van der Waals surface area (Å²) in [6.07, 6.45) is 5.34. The lowest BCUT2D eigenvalue weighted by Crippen LogP contribution is -2.36. The zero-order valence-corrected chi connectivity index (χ0v) is 12.7. The third-order valence-corrected chi connectivity index (χ3v) is 3.76. The molecule has 1 aromatic heterocycles. The summed E-state index contributed by atoms with van der Waals surface area (Å²) in [6, 6.07) is 7.86. The van der Waals surface area contributed by atoms with Crippen molar-refractivity contribution >= 4 is 6.03 Å². The van der Waals surface area contributed by atoms with Crippen LogP contribution >= 0.6 is 0 Å². The fraction of sp³-hybridized carbons (Fsp3) is 0.353. The van der Waals surface area contributed by atoms with Crippen LogP contribution in [0.15, 0.2) is 41.2 Å². The van der Waals surface area contributed by atoms with Gasteiger partial charge in [-0.1, -0.05) is 12.1 Å². The molecule has 1 aromatic carbocycles. The van der Waals surface area contributed by atoms with Crippen molar-refractivity contribution in [3.05, 3.63) is 53.5 Å². The normalized spacial score (nSPS) is 13.1. The number of carbonyl (C=O) groups excluding carboxylic acids is 1. The molecule has 0 aliphatic carbocycles. The fourth-order valence-electron chi connectivity index (χ4n) is 2.56. The van der Waals surface area contributed by atoms with Crippen LogP contribution < -0.4 is 10.1 Å². The number of rotatable bonds is 4. The van der Waals surface area contributed by atoms with Gasteiger partial charge in [0.15, 0.2) is 0 Å². The highest BCUT2D eigenvalue weighted by atomic mass is 16.5. The SMILES string of the molecule is CN(Cc1ccoc1)C(=O)NCc1ccc2c(c1)CCCO2. The number of fused-ring (bicyclic) bond motifs is 1. The molecule has 2 aromatic rings. The average Bonchev–Trinajstić information content (AvgIpc) is 3.05. The molecule has 1 aliphatic heterocycles. The molecule has 0 saturated carbocycles. The molecule has 0 unspecified atom stereocenters. The lowest BCUT2D eigenvalue weighted by molar-refractivity contribution is 0.206. The van der Waals surface area contributed by atoms with Crippen molar-refractivity contribution in [2.24, 2.45) is 0 Å². The number of furan rings is 1. The first-order valence-electron chi connectivity index (χ1n) is 7.47. The van der Waals surface area contributed by atoms with Gasteiger partial charge in [0, 0.05) is 19.2 Å². The van der Waals surface area contributed by atoms with Crippen molar-refractivity contribution < 1.29 is 13.9 Å². The van der Waals surface area contributed by atoms with Crippen LogP contribution in [-0.2, 0) is 19.5 Å². The number of urea groups is 1. The molecule has 5 heteroatoms. The molecular weight excluding hydrogens is 280 g/mol. The van der Waals surface area contributed by atoms with E-state index in [1.165, 1.54) is 5.56 Å². The second-order valence-corrected chi connectivity index (χ2v) is 5.54. The zero-order valence-electron chi connectivity index (χ0n) is 12.7. The van der Waals surface area contributed by atoms with Gasteiger partial charge >= 0.3 is 6.03 Å². The van der Waals surface area contributed by atoms with Crippen LogP contribution in [0, 0.1) is 0 Å². The predicted molar refractivity (Wildman–Crippen MR) is 82.7 cm³/mol. The molecule has 5 nitrogen and oxygen atoms in total. The molecule has 2 amide bonds. The second kappa shape index (κ2) is 6.56. The van der Waals surface area contributed by atoms with Crippen LogP contribution in [0.5, 0.6) is 5.75 Å². The van der Waals surface area contributed by atoms with Crippen molar-refractivity contribution in [1.29, 1.82) is 0 Å². The highest BCUT2D eigenvalue weighted by Crippen LogP contribution is 2.25. The Balaban J connectivity index is 1.54. The predicted octanol–water partition coefficient (Wildman–Crippen LogP) is 2.95. The molecule has 0 bridgehead atoms. The van der Waals surface area contributed by atoms with E-state index in [1.807, 2.05) is 18.2 Å². The second-order valence-electron chi connectivity index (χ2n) is 5.54. The minimum atomic E-state index is -0.102. The van der Waals surface area contributed by atoms with Gasteiger partial charge in [-0.05, 0) is 36.1 Å². The van der Waals surface area contributed by atoms with Crippen LogP contribution in [0.3, 0.4) is 0 Å². The summed E-state index contributed by atoms with van der Waals surface area (Å²) >= 11 is 0. The van der Waals surface area contributed by atoms with Crippen LogP contribution in [0.1, 0.15) is 23.1 Å². The van der Waals surface area contributed by atoms with Crippen LogP contribution in [-0.4, -0.2) is 24.6 Å². The van der Waals surface area contributed by atoms with E-state index in [0.717, 1.165) is 36.3 Å². The van der Waals surface area contributed by atoms with Gasteiger partial charge < -0.3 is 19.4 Å². The molecule has 1 N–H and O–H groups in total. The summed E-state index contributed by atoms with van der Waals surface area (Å²) < 4.78 is 10.6. The Morgan fingerprint density at radius 3 is 3.05 bits per heavy atom.